The SMILES string of the molecule is Cc1cnc(N(C)S(C)(=O)=O)c(Cn2ccc3cnc(Nc4ccc(N5CCN[C@@H](C)C5)cc4)nc32)c1. The third-order valence-corrected chi connectivity index (χ3v) is 7.74. The van der Waals surface area contributed by atoms with E-state index in [1.165, 1.54) is 23.3 Å². The molecule has 10 nitrogen and oxygen atoms in total. The summed E-state index contributed by atoms with van der Waals surface area (Å²) in [5, 5.41) is 7.67. The number of benzene rings is 1. The van der Waals surface area contributed by atoms with E-state index in [1.54, 1.807) is 12.4 Å². The van der Waals surface area contributed by atoms with Crippen LogP contribution >= 0.6 is 0 Å². The molecule has 1 aliphatic heterocycles. The van der Waals surface area contributed by atoms with E-state index in [2.05, 4.69) is 44.6 Å². The van der Waals surface area contributed by atoms with Crippen molar-refractivity contribution < 1.29 is 8.42 Å². The van der Waals surface area contributed by atoms with E-state index in [4.69, 9.17) is 4.98 Å². The van der Waals surface area contributed by atoms with Gasteiger partial charge in [0, 0.05) is 73.6 Å². The quantitative estimate of drug-likeness (QED) is 0.383. The van der Waals surface area contributed by atoms with Crippen LogP contribution in [0.5, 0.6) is 0 Å². The van der Waals surface area contributed by atoms with Crippen molar-refractivity contribution in [3.8, 4) is 0 Å². The fraction of sp³-hybridized carbons (Fsp3) is 0.346. The lowest BCUT2D eigenvalue weighted by Crippen LogP contribution is -2.49. The number of piperazine rings is 1. The van der Waals surface area contributed by atoms with Gasteiger partial charge < -0.3 is 20.1 Å². The summed E-state index contributed by atoms with van der Waals surface area (Å²) in [6, 6.07) is 12.7. The van der Waals surface area contributed by atoms with Crippen molar-refractivity contribution in [2.75, 3.05) is 47.5 Å². The highest BCUT2D eigenvalue weighted by molar-refractivity contribution is 7.92. The Hall–Kier alpha value is -3.70. The first-order valence-corrected chi connectivity index (χ1v) is 14.1. The van der Waals surface area contributed by atoms with Crippen molar-refractivity contribution in [1.29, 1.82) is 0 Å². The molecular formula is C26H32N8O2S. The van der Waals surface area contributed by atoms with Crippen molar-refractivity contribution in [2.24, 2.45) is 0 Å². The Labute approximate surface area is 217 Å². The number of pyridine rings is 1. The van der Waals surface area contributed by atoms with Gasteiger partial charge in [0.2, 0.25) is 16.0 Å². The summed E-state index contributed by atoms with van der Waals surface area (Å²) in [6.07, 6.45) is 6.56. The van der Waals surface area contributed by atoms with Crippen LogP contribution in [0.2, 0.25) is 0 Å². The Morgan fingerprint density at radius 3 is 2.68 bits per heavy atom. The van der Waals surface area contributed by atoms with E-state index in [0.717, 1.165) is 47.5 Å². The van der Waals surface area contributed by atoms with E-state index >= 15 is 0 Å². The first kappa shape index (κ1) is 25.0. The summed E-state index contributed by atoms with van der Waals surface area (Å²) >= 11 is 0. The van der Waals surface area contributed by atoms with Gasteiger partial charge in [-0.1, -0.05) is 0 Å². The fourth-order valence-electron chi connectivity index (χ4n) is 4.57. The molecule has 0 amide bonds. The Morgan fingerprint density at radius 2 is 1.95 bits per heavy atom. The normalized spacial score (nSPS) is 16.2. The minimum Gasteiger partial charge on any atom is -0.369 e. The molecule has 11 heteroatoms. The maximum atomic E-state index is 12.2. The van der Waals surface area contributed by atoms with E-state index in [1.807, 2.05) is 42.0 Å². The van der Waals surface area contributed by atoms with E-state index in [0.29, 0.717) is 24.4 Å². The van der Waals surface area contributed by atoms with Gasteiger partial charge in [0.15, 0.2) is 0 Å². The average Bonchev–Trinajstić information content (AvgIpc) is 3.25. The number of aromatic nitrogens is 4. The molecule has 0 unspecified atom stereocenters. The zero-order valence-electron chi connectivity index (χ0n) is 21.5. The number of anilines is 4. The van der Waals surface area contributed by atoms with Gasteiger partial charge in [0.25, 0.3) is 0 Å². The van der Waals surface area contributed by atoms with Crippen LogP contribution < -0.4 is 19.8 Å². The number of hydrogen-bond acceptors (Lipinski definition) is 8. The van der Waals surface area contributed by atoms with E-state index in [-0.39, 0.29) is 0 Å². The third-order valence-electron chi connectivity index (χ3n) is 6.58. The van der Waals surface area contributed by atoms with Gasteiger partial charge >= 0.3 is 0 Å². The minimum absolute atomic E-state index is 0.404. The molecule has 4 heterocycles. The predicted octanol–water partition coefficient (Wildman–Crippen LogP) is 3.12. The molecule has 1 atom stereocenters. The number of nitrogens with one attached hydrogen (secondary N) is 2. The second-order valence-electron chi connectivity index (χ2n) is 9.62. The molecule has 0 aliphatic carbocycles. The summed E-state index contributed by atoms with van der Waals surface area (Å²) in [5.74, 6) is 0.896. The average molecular weight is 521 g/mol. The Kier molecular flexibility index (Phi) is 6.74. The predicted molar refractivity (Wildman–Crippen MR) is 148 cm³/mol. The molecule has 37 heavy (non-hydrogen) atoms. The van der Waals surface area contributed by atoms with Crippen LogP contribution in [-0.4, -0.2) is 66.9 Å². The molecule has 0 radical (unpaired) electrons. The maximum Gasteiger partial charge on any atom is 0.233 e. The zero-order valence-corrected chi connectivity index (χ0v) is 22.3. The van der Waals surface area contributed by atoms with Crippen LogP contribution in [0.3, 0.4) is 0 Å². The monoisotopic (exact) mass is 520 g/mol. The molecule has 0 spiro atoms. The number of nitrogens with zero attached hydrogens (tertiary/aromatic N) is 6. The summed E-state index contributed by atoms with van der Waals surface area (Å²) in [6.45, 7) is 7.52. The number of rotatable bonds is 7. The fourth-order valence-corrected chi connectivity index (χ4v) is 5.05. The molecule has 1 fully saturated rings. The van der Waals surface area contributed by atoms with Crippen LogP contribution in [0.1, 0.15) is 18.1 Å². The van der Waals surface area contributed by atoms with Gasteiger partial charge in [-0.15, -0.1) is 0 Å². The first-order valence-electron chi connectivity index (χ1n) is 12.2. The summed E-state index contributed by atoms with van der Waals surface area (Å²) in [7, 11) is -1.93. The molecule has 2 N–H and O–H groups in total. The summed E-state index contributed by atoms with van der Waals surface area (Å²) in [4.78, 5) is 16.0. The smallest absolute Gasteiger partial charge is 0.233 e. The molecule has 1 aromatic carbocycles. The largest absolute Gasteiger partial charge is 0.369 e. The van der Waals surface area contributed by atoms with E-state index in [9.17, 15) is 8.42 Å². The number of sulfonamides is 1. The van der Waals surface area contributed by atoms with Gasteiger partial charge in [-0.05, 0) is 55.8 Å². The number of fused-ring (bicyclic) bond motifs is 1. The van der Waals surface area contributed by atoms with E-state index < -0.39 is 10.0 Å². The zero-order chi connectivity index (χ0) is 26.2. The third kappa shape index (κ3) is 5.52. The number of hydrogen-bond donors (Lipinski definition) is 2. The van der Waals surface area contributed by atoms with Gasteiger partial charge in [-0.2, -0.15) is 4.98 Å². The Balaban J connectivity index is 1.38. The van der Waals surface area contributed by atoms with Crippen molar-refractivity contribution >= 4 is 44.2 Å². The standard InChI is InChI=1S/C26H32N8O2S/c1-18-13-21(24(28-14-18)32(3)37(4,35)36)17-34-11-9-20-15-29-26(31-25(20)34)30-22-5-7-23(8-6-22)33-12-10-27-19(2)16-33/h5-9,11,13-15,19,27H,10,12,16-17H2,1-4H3,(H,29,30,31)/t19-/m0/s1. The highest BCUT2D eigenvalue weighted by Gasteiger charge is 2.19. The molecule has 5 rings (SSSR count). The molecule has 0 saturated carbocycles. The lowest BCUT2D eigenvalue weighted by molar-refractivity contribution is 0.485. The molecular weight excluding hydrogens is 488 g/mol. The summed E-state index contributed by atoms with van der Waals surface area (Å²) in [5.41, 5.74) is 4.60. The molecule has 0 bridgehead atoms. The van der Waals surface area contributed by atoms with Crippen LogP contribution in [0.15, 0.2) is 55.0 Å². The highest BCUT2D eigenvalue weighted by atomic mass is 32.2. The van der Waals surface area contributed by atoms with Crippen LogP contribution in [0.4, 0.5) is 23.1 Å². The van der Waals surface area contributed by atoms with Gasteiger partial charge in [0.1, 0.15) is 11.5 Å². The van der Waals surface area contributed by atoms with Crippen molar-refractivity contribution in [1.82, 2.24) is 24.8 Å². The second-order valence-corrected chi connectivity index (χ2v) is 11.6. The second kappa shape index (κ2) is 9.98. The van der Waals surface area contributed by atoms with Crippen molar-refractivity contribution in [3.05, 3.63) is 66.1 Å². The Bertz CT molecular complexity index is 1520. The highest BCUT2D eigenvalue weighted by Crippen LogP contribution is 2.25. The van der Waals surface area contributed by atoms with Crippen molar-refractivity contribution in [3.63, 3.8) is 0 Å². The molecule has 194 valence electrons. The maximum absolute atomic E-state index is 12.2. The lowest BCUT2D eigenvalue weighted by Gasteiger charge is -2.33. The topological polar surface area (TPSA) is 108 Å². The first-order chi connectivity index (χ1) is 17.7. The molecule has 1 saturated heterocycles. The molecule has 4 aromatic rings. The van der Waals surface area contributed by atoms with Gasteiger partial charge in [-0.25, -0.2) is 18.4 Å². The van der Waals surface area contributed by atoms with Crippen LogP contribution in [-0.2, 0) is 16.6 Å². The molecule has 3 aromatic heterocycles. The minimum atomic E-state index is -3.45. The lowest BCUT2D eigenvalue weighted by atomic mass is 10.2. The van der Waals surface area contributed by atoms with Gasteiger partial charge in [-0.3, -0.25) is 4.31 Å². The molecule has 1 aliphatic rings. The van der Waals surface area contributed by atoms with Crippen molar-refractivity contribution in [2.45, 2.75) is 26.4 Å². The number of aryl methyl sites for hydroxylation is 1. The van der Waals surface area contributed by atoms with Gasteiger partial charge in [0.05, 0.1) is 12.8 Å². The Morgan fingerprint density at radius 1 is 1.16 bits per heavy atom. The van der Waals surface area contributed by atoms with Crippen LogP contribution in [0.25, 0.3) is 11.0 Å². The summed E-state index contributed by atoms with van der Waals surface area (Å²) < 4.78 is 27.5. The van der Waals surface area contributed by atoms with Crippen LogP contribution in [0, 0.1) is 6.92 Å².